The van der Waals surface area contributed by atoms with Crippen LogP contribution in [-0.4, -0.2) is 47.3 Å². The third-order valence-corrected chi connectivity index (χ3v) is 1.91. The van der Waals surface area contributed by atoms with E-state index >= 15 is 0 Å². The number of rotatable bonds is 4. The molecule has 2 amide bonds. The van der Waals surface area contributed by atoms with Crippen molar-refractivity contribution < 1.29 is 19.4 Å². The first-order valence-corrected chi connectivity index (χ1v) is 4.41. The Balaban J connectivity index is 2.37. The maximum absolute atomic E-state index is 11.1. The van der Waals surface area contributed by atoms with E-state index in [-0.39, 0.29) is 19.1 Å². The summed E-state index contributed by atoms with van der Waals surface area (Å²) in [5, 5.41) is 9.33. The van der Waals surface area contributed by atoms with E-state index in [1.54, 1.807) is 6.92 Å². The molecule has 0 aromatic heterocycles. The molecular weight excluding hydrogens is 188 g/mol. The SMILES string of the molecule is CC1CN(CC(O)CC(N)=O)C(=O)O1. The summed E-state index contributed by atoms with van der Waals surface area (Å²) in [7, 11) is 0. The number of aliphatic hydroxyl groups excluding tert-OH is 1. The van der Waals surface area contributed by atoms with E-state index in [4.69, 9.17) is 10.5 Å². The van der Waals surface area contributed by atoms with Crippen molar-refractivity contribution in [2.45, 2.75) is 25.6 Å². The predicted molar refractivity (Wildman–Crippen MR) is 47.3 cm³/mol. The minimum atomic E-state index is -0.912. The van der Waals surface area contributed by atoms with Crippen LogP contribution in [0.2, 0.25) is 0 Å². The van der Waals surface area contributed by atoms with Crippen LogP contribution < -0.4 is 5.73 Å². The van der Waals surface area contributed by atoms with Crippen LogP contribution in [0.5, 0.6) is 0 Å². The zero-order chi connectivity index (χ0) is 10.7. The van der Waals surface area contributed by atoms with Gasteiger partial charge in [0.05, 0.1) is 25.6 Å². The third-order valence-electron chi connectivity index (χ3n) is 1.91. The van der Waals surface area contributed by atoms with Crippen molar-refractivity contribution in [3.63, 3.8) is 0 Å². The van der Waals surface area contributed by atoms with E-state index in [9.17, 15) is 14.7 Å². The molecule has 1 rings (SSSR count). The summed E-state index contributed by atoms with van der Waals surface area (Å²) in [6.07, 6.45) is -1.67. The van der Waals surface area contributed by atoms with Crippen LogP contribution in [0, 0.1) is 0 Å². The summed E-state index contributed by atoms with van der Waals surface area (Å²) in [4.78, 5) is 22.9. The lowest BCUT2D eigenvalue weighted by molar-refractivity contribution is -0.120. The topological polar surface area (TPSA) is 92.9 Å². The van der Waals surface area contributed by atoms with Crippen molar-refractivity contribution in [1.29, 1.82) is 0 Å². The fourth-order valence-corrected chi connectivity index (χ4v) is 1.37. The van der Waals surface area contributed by atoms with Gasteiger partial charge in [-0.2, -0.15) is 0 Å². The van der Waals surface area contributed by atoms with Gasteiger partial charge in [-0.25, -0.2) is 4.79 Å². The van der Waals surface area contributed by atoms with Crippen LogP contribution in [0.25, 0.3) is 0 Å². The molecule has 14 heavy (non-hydrogen) atoms. The first kappa shape index (κ1) is 10.8. The lowest BCUT2D eigenvalue weighted by Gasteiger charge is -2.16. The molecule has 0 saturated carbocycles. The first-order chi connectivity index (χ1) is 6.49. The number of cyclic esters (lactones) is 1. The van der Waals surface area contributed by atoms with E-state index in [0.29, 0.717) is 6.54 Å². The highest BCUT2D eigenvalue weighted by Gasteiger charge is 2.29. The molecule has 3 N–H and O–H groups in total. The van der Waals surface area contributed by atoms with Crippen molar-refractivity contribution in [1.82, 2.24) is 4.90 Å². The zero-order valence-corrected chi connectivity index (χ0v) is 7.97. The van der Waals surface area contributed by atoms with Gasteiger partial charge in [0, 0.05) is 0 Å². The molecule has 1 heterocycles. The Hall–Kier alpha value is -1.30. The first-order valence-electron chi connectivity index (χ1n) is 4.41. The number of carbonyl (C=O) groups excluding carboxylic acids is 2. The average molecular weight is 202 g/mol. The van der Waals surface area contributed by atoms with E-state index in [2.05, 4.69) is 0 Å². The molecular formula is C8H14N2O4. The maximum Gasteiger partial charge on any atom is 0.410 e. The molecule has 2 atom stereocenters. The van der Waals surface area contributed by atoms with Gasteiger partial charge in [-0.3, -0.25) is 4.79 Å². The molecule has 0 bridgehead atoms. The number of nitrogens with zero attached hydrogens (tertiary/aromatic N) is 1. The van der Waals surface area contributed by atoms with Gasteiger partial charge in [0.2, 0.25) is 5.91 Å². The van der Waals surface area contributed by atoms with Gasteiger partial charge in [0.25, 0.3) is 0 Å². The van der Waals surface area contributed by atoms with Crippen molar-refractivity contribution in [2.24, 2.45) is 5.73 Å². The summed E-state index contributed by atoms with van der Waals surface area (Å²) >= 11 is 0. The van der Waals surface area contributed by atoms with E-state index < -0.39 is 18.1 Å². The van der Waals surface area contributed by atoms with Gasteiger partial charge in [0.15, 0.2) is 0 Å². The Labute approximate surface area is 81.6 Å². The minimum Gasteiger partial charge on any atom is -0.445 e. The van der Waals surface area contributed by atoms with Gasteiger partial charge >= 0.3 is 6.09 Å². The summed E-state index contributed by atoms with van der Waals surface area (Å²) in [6, 6.07) is 0. The lowest BCUT2D eigenvalue weighted by atomic mass is 10.2. The van der Waals surface area contributed by atoms with Gasteiger partial charge in [0.1, 0.15) is 6.10 Å². The van der Waals surface area contributed by atoms with Gasteiger partial charge in [-0.15, -0.1) is 0 Å². The Morgan fingerprint density at radius 3 is 2.93 bits per heavy atom. The highest BCUT2D eigenvalue weighted by Crippen LogP contribution is 2.11. The normalized spacial score (nSPS) is 23.4. The largest absolute Gasteiger partial charge is 0.445 e. The standard InChI is InChI=1S/C8H14N2O4/c1-5-3-10(8(13)14-5)4-6(11)2-7(9)12/h5-6,11H,2-4H2,1H3,(H2,9,12). The number of ether oxygens (including phenoxy) is 1. The molecule has 1 aliphatic heterocycles. The van der Waals surface area contributed by atoms with Crippen LogP contribution >= 0.6 is 0 Å². The molecule has 6 nitrogen and oxygen atoms in total. The third kappa shape index (κ3) is 2.88. The molecule has 1 saturated heterocycles. The Morgan fingerprint density at radius 2 is 2.50 bits per heavy atom. The lowest BCUT2D eigenvalue weighted by Crippen LogP contribution is -2.35. The van der Waals surface area contributed by atoms with Gasteiger partial charge in [-0.1, -0.05) is 0 Å². The second kappa shape index (κ2) is 4.28. The molecule has 0 aliphatic carbocycles. The minimum absolute atomic E-state index is 0.0894. The number of β-amino-alcohol motifs (C(OH)–C–C–N with tert-alkyl or cyclic N) is 1. The van der Waals surface area contributed by atoms with Crippen LogP contribution in [0.4, 0.5) is 4.79 Å². The molecule has 80 valence electrons. The van der Waals surface area contributed by atoms with Gasteiger partial charge in [-0.05, 0) is 6.92 Å². The monoisotopic (exact) mass is 202 g/mol. The Kier molecular flexibility index (Phi) is 3.29. The van der Waals surface area contributed by atoms with Crippen LogP contribution in [0.1, 0.15) is 13.3 Å². The van der Waals surface area contributed by atoms with Crippen LogP contribution in [0.3, 0.4) is 0 Å². The number of hydrogen-bond donors (Lipinski definition) is 2. The zero-order valence-electron chi connectivity index (χ0n) is 7.97. The second-order valence-corrected chi connectivity index (χ2v) is 3.42. The summed E-state index contributed by atoms with van der Waals surface area (Å²) in [5.74, 6) is -0.585. The number of carbonyl (C=O) groups is 2. The molecule has 6 heteroatoms. The number of amides is 2. The molecule has 2 unspecified atom stereocenters. The fourth-order valence-electron chi connectivity index (χ4n) is 1.37. The second-order valence-electron chi connectivity index (χ2n) is 3.42. The fraction of sp³-hybridized carbons (Fsp3) is 0.750. The highest BCUT2D eigenvalue weighted by atomic mass is 16.6. The smallest absolute Gasteiger partial charge is 0.410 e. The Bertz CT molecular complexity index is 243. The number of nitrogens with two attached hydrogens (primary N) is 1. The quantitative estimate of drug-likeness (QED) is 0.615. The van der Waals surface area contributed by atoms with Crippen molar-refractivity contribution in [3.8, 4) is 0 Å². The molecule has 0 spiro atoms. The predicted octanol–water partition coefficient (Wildman–Crippen LogP) is -0.937. The van der Waals surface area contributed by atoms with Crippen LogP contribution in [-0.2, 0) is 9.53 Å². The van der Waals surface area contributed by atoms with Crippen LogP contribution in [0.15, 0.2) is 0 Å². The van der Waals surface area contributed by atoms with Crippen molar-refractivity contribution >= 4 is 12.0 Å². The van der Waals surface area contributed by atoms with Crippen molar-refractivity contribution in [2.75, 3.05) is 13.1 Å². The highest BCUT2D eigenvalue weighted by molar-refractivity contribution is 5.74. The average Bonchev–Trinajstić information content (AvgIpc) is 2.28. The molecule has 0 radical (unpaired) electrons. The summed E-state index contributed by atoms with van der Waals surface area (Å²) in [5.41, 5.74) is 4.90. The van der Waals surface area contributed by atoms with E-state index in [1.165, 1.54) is 4.90 Å². The summed E-state index contributed by atoms with van der Waals surface area (Å²) in [6.45, 7) is 2.29. The molecule has 1 fully saturated rings. The number of primary amides is 1. The number of hydrogen-bond acceptors (Lipinski definition) is 4. The van der Waals surface area contributed by atoms with Gasteiger partial charge < -0.3 is 20.5 Å². The Morgan fingerprint density at radius 1 is 1.86 bits per heavy atom. The summed E-state index contributed by atoms with van der Waals surface area (Å²) < 4.78 is 4.84. The molecule has 0 aromatic rings. The van der Waals surface area contributed by atoms with E-state index in [0.717, 1.165) is 0 Å². The van der Waals surface area contributed by atoms with Crippen molar-refractivity contribution in [3.05, 3.63) is 0 Å². The molecule has 0 aromatic carbocycles. The number of aliphatic hydroxyl groups is 1. The molecule has 1 aliphatic rings. The maximum atomic E-state index is 11.1. The van der Waals surface area contributed by atoms with E-state index in [1.807, 2.05) is 0 Å².